The molecule has 0 aliphatic rings. The Morgan fingerprint density at radius 3 is 1.19 bits per heavy atom. The van der Waals surface area contributed by atoms with Crippen molar-refractivity contribution in [1.29, 1.82) is 0 Å². The number of hydrogen-bond acceptors (Lipinski definition) is 4. The average Bonchev–Trinajstić information content (AvgIpc) is 2.94. The van der Waals surface area contributed by atoms with Gasteiger partial charge in [0.15, 0.2) is 0 Å². The predicted octanol–water partition coefficient (Wildman–Crippen LogP) is 10.1. The Hall–Kier alpha value is -0.660. The van der Waals surface area contributed by atoms with Crippen LogP contribution in [0.1, 0.15) is 200 Å². The van der Waals surface area contributed by atoms with Crippen molar-refractivity contribution < 1.29 is 22.9 Å². The van der Waals surface area contributed by atoms with E-state index < -0.39 is 28.0 Å². The van der Waals surface area contributed by atoms with Crippen molar-refractivity contribution in [2.75, 3.05) is 5.75 Å². The van der Waals surface area contributed by atoms with Crippen molar-refractivity contribution >= 4 is 16.0 Å². The number of carbonyl (C=O) groups excluding carboxylic acids is 1. The van der Waals surface area contributed by atoms with Gasteiger partial charge in [0.1, 0.15) is 0 Å². The molecule has 0 aromatic heterocycles. The maximum atomic E-state index is 12.4. The highest BCUT2D eigenvalue weighted by Crippen LogP contribution is 2.16. The molecule has 0 saturated carbocycles. The maximum absolute atomic E-state index is 12.4. The van der Waals surface area contributed by atoms with Gasteiger partial charge in [-0.2, -0.15) is 8.42 Å². The second-order valence-electron chi connectivity index (χ2n) is 12.9. The van der Waals surface area contributed by atoms with E-state index in [1.807, 2.05) is 0 Å². The van der Waals surface area contributed by atoms with Gasteiger partial charge in [-0.25, -0.2) is 0 Å². The molecule has 0 bridgehead atoms. The lowest BCUT2D eigenvalue weighted by atomic mass is 10.0. The summed E-state index contributed by atoms with van der Waals surface area (Å²) >= 11 is 0. The van der Waals surface area contributed by atoms with E-state index in [-0.39, 0.29) is 5.91 Å². The topological polar surface area (TPSA) is 104 Å². The zero-order valence-electron chi connectivity index (χ0n) is 27.9. The molecule has 0 aliphatic heterocycles. The molecular formula is C35H71NO5S. The molecule has 252 valence electrons. The third-order valence-corrected chi connectivity index (χ3v) is 9.34. The minimum absolute atomic E-state index is 0.244. The minimum atomic E-state index is -4.29. The van der Waals surface area contributed by atoms with Crippen LogP contribution < -0.4 is 5.32 Å². The van der Waals surface area contributed by atoms with Gasteiger partial charge >= 0.3 is 0 Å². The summed E-state index contributed by atoms with van der Waals surface area (Å²) in [7, 11) is -4.29. The maximum Gasteiger partial charge on any atom is 0.266 e. The van der Waals surface area contributed by atoms with Gasteiger partial charge in [-0.1, -0.05) is 181 Å². The lowest BCUT2D eigenvalue weighted by Crippen LogP contribution is -2.47. The van der Waals surface area contributed by atoms with E-state index in [0.717, 1.165) is 38.5 Å². The van der Waals surface area contributed by atoms with Crippen LogP contribution in [0.5, 0.6) is 0 Å². The van der Waals surface area contributed by atoms with E-state index in [2.05, 4.69) is 19.2 Å². The van der Waals surface area contributed by atoms with Crippen molar-refractivity contribution in [2.45, 2.75) is 212 Å². The molecule has 1 amide bonds. The molecule has 0 spiro atoms. The number of unbranched alkanes of at least 4 members (excludes halogenated alkanes) is 25. The van der Waals surface area contributed by atoms with Crippen molar-refractivity contribution in [3.63, 3.8) is 0 Å². The number of hydrogen-bond donors (Lipinski definition) is 3. The summed E-state index contributed by atoms with van der Waals surface area (Å²) in [6, 6.07) is -0.961. The molecule has 2 unspecified atom stereocenters. The second kappa shape index (κ2) is 30.4. The second-order valence-corrected chi connectivity index (χ2v) is 14.4. The van der Waals surface area contributed by atoms with Crippen molar-refractivity contribution in [2.24, 2.45) is 0 Å². The molecule has 0 fully saturated rings. The van der Waals surface area contributed by atoms with E-state index in [1.54, 1.807) is 0 Å². The standard InChI is InChI=1S/C35H71NO5S/c1-3-5-7-9-11-13-15-16-17-18-19-20-21-23-25-27-29-31-35(38)36-33(32-42(39,40)41)34(37)30-28-26-24-22-14-12-10-8-6-4-2/h33-34,37H,3-32H2,1-2H3,(H,36,38)(H,39,40,41). The Morgan fingerprint density at radius 2 is 0.857 bits per heavy atom. The van der Waals surface area contributed by atoms with Gasteiger partial charge in [-0.3, -0.25) is 9.35 Å². The van der Waals surface area contributed by atoms with Crippen molar-refractivity contribution in [3.05, 3.63) is 0 Å². The first kappa shape index (κ1) is 41.3. The largest absolute Gasteiger partial charge is 0.391 e. The molecule has 0 saturated heterocycles. The Morgan fingerprint density at radius 1 is 0.548 bits per heavy atom. The van der Waals surface area contributed by atoms with Crippen LogP contribution in [0.4, 0.5) is 0 Å². The van der Waals surface area contributed by atoms with Crippen molar-refractivity contribution in [1.82, 2.24) is 5.32 Å². The quantitative estimate of drug-likeness (QED) is 0.0502. The van der Waals surface area contributed by atoms with E-state index in [0.29, 0.717) is 12.8 Å². The Labute approximate surface area is 261 Å². The molecule has 0 aromatic rings. The molecule has 0 aliphatic carbocycles. The highest BCUT2D eigenvalue weighted by molar-refractivity contribution is 7.85. The summed E-state index contributed by atoms with van der Waals surface area (Å²) < 4.78 is 32.3. The lowest BCUT2D eigenvalue weighted by molar-refractivity contribution is -0.122. The highest BCUT2D eigenvalue weighted by atomic mass is 32.2. The van der Waals surface area contributed by atoms with Crippen LogP contribution >= 0.6 is 0 Å². The summed E-state index contributed by atoms with van der Waals surface area (Å²) in [5, 5.41) is 13.3. The van der Waals surface area contributed by atoms with Crippen molar-refractivity contribution in [3.8, 4) is 0 Å². The summed E-state index contributed by atoms with van der Waals surface area (Å²) in [5.41, 5.74) is 0. The Balaban J connectivity index is 3.84. The van der Waals surface area contributed by atoms with Gasteiger partial charge in [0.05, 0.1) is 17.9 Å². The average molecular weight is 618 g/mol. The minimum Gasteiger partial charge on any atom is -0.391 e. The number of amides is 1. The fraction of sp³-hybridized carbons (Fsp3) is 0.971. The third-order valence-electron chi connectivity index (χ3n) is 8.56. The molecule has 6 nitrogen and oxygen atoms in total. The van der Waals surface area contributed by atoms with E-state index in [4.69, 9.17) is 0 Å². The normalized spacial score (nSPS) is 13.3. The molecular weight excluding hydrogens is 546 g/mol. The first-order valence-corrected chi connectivity index (χ1v) is 19.8. The number of rotatable bonds is 33. The van der Waals surface area contributed by atoms with Gasteiger partial charge in [0, 0.05) is 6.42 Å². The summed E-state index contributed by atoms with van der Waals surface area (Å²) in [6.45, 7) is 4.49. The van der Waals surface area contributed by atoms with Crippen LogP contribution in [0.3, 0.4) is 0 Å². The molecule has 0 aromatic carbocycles. The highest BCUT2D eigenvalue weighted by Gasteiger charge is 2.26. The molecule has 2 atom stereocenters. The molecule has 42 heavy (non-hydrogen) atoms. The molecule has 7 heteroatoms. The van der Waals surface area contributed by atoms with Crippen LogP contribution in [0.15, 0.2) is 0 Å². The smallest absolute Gasteiger partial charge is 0.266 e. The van der Waals surface area contributed by atoms with Crippen LogP contribution in [-0.4, -0.2) is 41.9 Å². The Kier molecular flexibility index (Phi) is 29.9. The number of aliphatic hydroxyl groups is 1. The summed E-state index contributed by atoms with van der Waals surface area (Å²) in [6.07, 6.45) is 33.4. The summed E-state index contributed by atoms with van der Waals surface area (Å²) in [4.78, 5) is 12.4. The van der Waals surface area contributed by atoms with E-state index in [1.165, 1.54) is 135 Å². The lowest BCUT2D eigenvalue weighted by Gasteiger charge is -2.23. The van der Waals surface area contributed by atoms with E-state index >= 15 is 0 Å². The first-order chi connectivity index (χ1) is 20.3. The van der Waals surface area contributed by atoms with E-state index in [9.17, 15) is 22.9 Å². The van der Waals surface area contributed by atoms with Gasteiger partial charge in [0.25, 0.3) is 10.1 Å². The van der Waals surface area contributed by atoms with Crippen LogP contribution in [-0.2, 0) is 14.9 Å². The fourth-order valence-corrected chi connectivity index (χ4v) is 6.57. The van der Waals surface area contributed by atoms with Gasteiger partial charge in [0.2, 0.25) is 5.91 Å². The van der Waals surface area contributed by atoms with Gasteiger partial charge < -0.3 is 10.4 Å². The predicted molar refractivity (Wildman–Crippen MR) is 180 cm³/mol. The Bertz CT molecular complexity index is 685. The van der Waals surface area contributed by atoms with Crippen LogP contribution in [0.2, 0.25) is 0 Å². The van der Waals surface area contributed by atoms with Gasteiger partial charge in [-0.15, -0.1) is 0 Å². The monoisotopic (exact) mass is 618 g/mol. The molecule has 0 heterocycles. The zero-order chi connectivity index (χ0) is 31.2. The molecule has 0 rings (SSSR count). The molecule has 0 radical (unpaired) electrons. The fourth-order valence-electron chi connectivity index (χ4n) is 5.81. The summed E-state index contributed by atoms with van der Waals surface area (Å²) in [5.74, 6) is -0.886. The van der Waals surface area contributed by atoms with Crippen LogP contribution in [0, 0.1) is 0 Å². The first-order valence-electron chi connectivity index (χ1n) is 18.2. The number of nitrogens with one attached hydrogen (secondary N) is 1. The number of aliphatic hydroxyl groups excluding tert-OH is 1. The zero-order valence-corrected chi connectivity index (χ0v) is 28.7. The number of carbonyl (C=O) groups is 1. The molecule has 3 N–H and O–H groups in total. The van der Waals surface area contributed by atoms with Crippen LogP contribution in [0.25, 0.3) is 0 Å². The van der Waals surface area contributed by atoms with Gasteiger partial charge in [-0.05, 0) is 12.8 Å². The SMILES string of the molecule is CCCCCCCCCCCCCCCCCCCC(=O)NC(CS(=O)(=O)O)C(O)CCCCCCCCCCCC. The third kappa shape index (κ3) is 30.8.